The van der Waals surface area contributed by atoms with Crippen molar-refractivity contribution < 1.29 is 17.9 Å². The molecule has 1 amide bonds. The number of carbonyl (C=O) groups is 1. The van der Waals surface area contributed by atoms with Gasteiger partial charge in [0.05, 0.1) is 11.5 Å². The fourth-order valence-electron chi connectivity index (χ4n) is 1.53. The fraction of sp³-hybridized carbons (Fsp3) is 0.462. The average molecular weight is 300 g/mol. The lowest BCUT2D eigenvalue weighted by atomic mass is 10.2. The summed E-state index contributed by atoms with van der Waals surface area (Å²) < 4.78 is 27.7. The van der Waals surface area contributed by atoms with Gasteiger partial charge in [-0.05, 0) is 18.2 Å². The van der Waals surface area contributed by atoms with Gasteiger partial charge in [-0.15, -0.1) is 0 Å². The van der Waals surface area contributed by atoms with Gasteiger partial charge in [0.25, 0.3) is 5.91 Å². The number of hydrogen-bond donors (Lipinski definition) is 2. The summed E-state index contributed by atoms with van der Waals surface area (Å²) in [5.41, 5.74) is 0.338. The highest BCUT2D eigenvalue weighted by Gasteiger charge is 2.10. The summed E-state index contributed by atoms with van der Waals surface area (Å²) in [7, 11) is -1.68. The van der Waals surface area contributed by atoms with Crippen LogP contribution in [-0.4, -0.2) is 53.9 Å². The first kappa shape index (κ1) is 16.6. The van der Waals surface area contributed by atoms with E-state index in [-0.39, 0.29) is 10.8 Å². The number of amides is 1. The number of nitrogens with one attached hydrogen (secondary N) is 2. The number of sulfone groups is 1. The van der Waals surface area contributed by atoms with Gasteiger partial charge in [-0.25, -0.2) is 8.42 Å². The molecule has 0 atom stereocenters. The molecule has 7 heteroatoms. The molecule has 1 aromatic rings. The van der Waals surface area contributed by atoms with Crippen LogP contribution in [0, 0.1) is 0 Å². The summed E-state index contributed by atoms with van der Waals surface area (Å²) in [4.78, 5) is 12.0. The molecule has 0 aliphatic heterocycles. The topological polar surface area (TPSA) is 84.5 Å². The molecule has 0 aliphatic carbocycles. The second kappa shape index (κ2) is 7.98. The van der Waals surface area contributed by atoms with E-state index in [1.807, 2.05) is 0 Å². The maximum absolute atomic E-state index is 11.9. The highest BCUT2D eigenvalue weighted by Crippen LogP contribution is 2.11. The molecule has 0 bridgehead atoms. The Bertz CT molecular complexity index is 543. The predicted octanol–water partition coefficient (Wildman–Crippen LogP) is 0.0559. The van der Waals surface area contributed by atoms with Crippen LogP contribution in [0.25, 0.3) is 0 Å². The van der Waals surface area contributed by atoms with Crippen LogP contribution >= 0.6 is 0 Å². The Morgan fingerprint density at radius 2 is 2.00 bits per heavy atom. The highest BCUT2D eigenvalue weighted by molar-refractivity contribution is 7.90. The second-order valence-corrected chi connectivity index (χ2v) is 6.31. The first-order valence-corrected chi connectivity index (χ1v) is 8.12. The maximum atomic E-state index is 11.9. The number of rotatable bonds is 8. The zero-order valence-corrected chi connectivity index (χ0v) is 12.5. The third-order valence-electron chi connectivity index (χ3n) is 2.59. The van der Waals surface area contributed by atoms with Crippen LogP contribution in [0.15, 0.2) is 29.2 Å². The zero-order chi connectivity index (χ0) is 15.0. The van der Waals surface area contributed by atoms with Crippen LogP contribution in [0.3, 0.4) is 0 Å². The molecule has 0 saturated carbocycles. The van der Waals surface area contributed by atoms with Crippen LogP contribution in [0.2, 0.25) is 0 Å². The van der Waals surface area contributed by atoms with Crippen molar-refractivity contribution >= 4 is 15.7 Å². The average Bonchev–Trinajstić information content (AvgIpc) is 2.41. The van der Waals surface area contributed by atoms with E-state index in [0.717, 1.165) is 12.8 Å². The standard InChI is InChI=1S/C13H20N2O4S/c1-19-9-8-14-6-7-15-13(16)11-4-3-5-12(10-11)20(2,17)18/h3-5,10,14H,6-9H2,1-2H3,(H,15,16). The van der Waals surface area contributed by atoms with Gasteiger partial charge >= 0.3 is 0 Å². The minimum absolute atomic E-state index is 0.142. The molecule has 0 spiro atoms. The Labute approximate surface area is 119 Å². The van der Waals surface area contributed by atoms with Gasteiger partial charge in [0.1, 0.15) is 0 Å². The van der Waals surface area contributed by atoms with Gasteiger partial charge in [-0.1, -0.05) is 6.07 Å². The Balaban J connectivity index is 2.48. The van der Waals surface area contributed by atoms with Gasteiger partial charge < -0.3 is 15.4 Å². The van der Waals surface area contributed by atoms with Crippen LogP contribution in [0.5, 0.6) is 0 Å². The minimum Gasteiger partial charge on any atom is -0.383 e. The van der Waals surface area contributed by atoms with Gasteiger partial charge in [-0.3, -0.25) is 4.79 Å². The Kier molecular flexibility index (Phi) is 6.63. The Morgan fingerprint density at radius 1 is 1.25 bits per heavy atom. The van der Waals surface area contributed by atoms with E-state index in [9.17, 15) is 13.2 Å². The molecular weight excluding hydrogens is 280 g/mol. The fourth-order valence-corrected chi connectivity index (χ4v) is 2.20. The molecule has 20 heavy (non-hydrogen) atoms. The molecule has 112 valence electrons. The van der Waals surface area contributed by atoms with Crippen LogP contribution in [0.1, 0.15) is 10.4 Å². The maximum Gasteiger partial charge on any atom is 0.251 e. The van der Waals surface area contributed by atoms with Crippen LogP contribution < -0.4 is 10.6 Å². The third-order valence-corrected chi connectivity index (χ3v) is 3.70. The highest BCUT2D eigenvalue weighted by atomic mass is 32.2. The summed E-state index contributed by atoms with van der Waals surface area (Å²) in [6.07, 6.45) is 1.11. The number of carbonyl (C=O) groups excluding carboxylic acids is 1. The van der Waals surface area contributed by atoms with E-state index < -0.39 is 9.84 Å². The lowest BCUT2D eigenvalue weighted by Crippen LogP contribution is -2.33. The Morgan fingerprint density at radius 3 is 2.65 bits per heavy atom. The van der Waals surface area contributed by atoms with Crippen molar-refractivity contribution in [3.05, 3.63) is 29.8 Å². The van der Waals surface area contributed by atoms with E-state index in [0.29, 0.717) is 25.3 Å². The van der Waals surface area contributed by atoms with Crippen molar-refractivity contribution in [2.24, 2.45) is 0 Å². The molecule has 1 rings (SSSR count). The van der Waals surface area contributed by atoms with Crippen LogP contribution in [0.4, 0.5) is 0 Å². The van der Waals surface area contributed by atoms with Crippen molar-refractivity contribution in [2.75, 3.05) is 39.6 Å². The zero-order valence-electron chi connectivity index (χ0n) is 11.7. The monoisotopic (exact) mass is 300 g/mol. The molecule has 2 N–H and O–H groups in total. The van der Waals surface area contributed by atoms with Crippen molar-refractivity contribution in [1.29, 1.82) is 0 Å². The largest absolute Gasteiger partial charge is 0.383 e. The van der Waals surface area contributed by atoms with E-state index >= 15 is 0 Å². The third kappa shape index (κ3) is 5.68. The van der Waals surface area contributed by atoms with Crippen molar-refractivity contribution in [3.8, 4) is 0 Å². The number of ether oxygens (including phenoxy) is 1. The summed E-state index contributed by atoms with van der Waals surface area (Å²) in [6, 6.07) is 5.99. The number of benzene rings is 1. The quantitative estimate of drug-likeness (QED) is 0.663. The van der Waals surface area contributed by atoms with Gasteiger partial charge in [0, 0.05) is 38.6 Å². The molecule has 0 heterocycles. The SMILES string of the molecule is COCCNCCNC(=O)c1cccc(S(C)(=O)=O)c1. The molecule has 0 aromatic heterocycles. The lowest BCUT2D eigenvalue weighted by molar-refractivity contribution is 0.0953. The van der Waals surface area contributed by atoms with E-state index in [2.05, 4.69) is 10.6 Å². The minimum atomic E-state index is -3.30. The van der Waals surface area contributed by atoms with Gasteiger partial charge in [-0.2, -0.15) is 0 Å². The summed E-state index contributed by atoms with van der Waals surface area (Å²) in [6.45, 7) is 2.42. The van der Waals surface area contributed by atoms with Gasteiger partial charge in [0.2, 0.25) is 0 Å². The van der Waals surface area contributed by atoms with Gasteiger partial charge in [0.15, 0.2) is 9.84 Å². The van der Waals surface area contributed by atoms with Crippen LogP contribution in [-0.2, 0) is 14.6 Å². The summed E-state index contributed by atoms with van der Waals surface area (Å²) in [5, 5.41) is 5.81. The molecule has 0 saturated heterocycles. The first-order chi connectivity index (χ1) is 9.45. The molecule has 0 radical (unpaired) electrons. The smallest absolute Gasteiger partial charge is 0.251 e. The summed E-state index contributed by atoms with van der Waals surface area (Å²) >= 11 is 0. The van der Waals surface area contributed by atoms with E-state index in [4.69, 9.17) is 4.74 Å². The molecule has 1 aromatic carbocycles. The van der Waals surface area contributed by atoms with Crippen molar-refractivity contribution in [2.45, 2.75) is 4.90 Å². The molecular formula is C13H20N2O4S. The van der Waals surface area contributed by atoms with Crippen molar-refractivity contribution in [3.63, 3.8) is 0 Å². The van der Waals surface area contributed by atoms with E-state index in [1.165, 1.54) is 12.1 Å². The molecule has 6 nitrogen and oxygen atoms in total. The second-order valence-electron chi connectivity index (χ2n) is 4.30. The lowest BCUT2D eigenvalue weighted by Gasteiger charge is -2.07. The number of methoxy groups -OCH3 is 1. The number of hydrogen-bond acceptors (Lipinski definition) is 5. The normalized spacial score (nSPS) is 11.3. The van der Waals surface area contributed by atoms with E-state index in [1.54, 1.807) is 19.2 Å². The molecule has 0 unspecified atom stereocenters. The predicted molar refractivity (Wildman–Crippen MR) is 76.6 cm³/mol. The summed E-state index contributed by atoms with van der Waals surface area (Å²) in [5.74, 6) is -0.288. The first-order valence-electron chi connectivity index (χ1n) is 6.23. The van der Waals surface area contributed by atoms with Crippen molar-refractivity contribution in [1.82, 2.24) is 10.6 Å². The Hall–Kier alpha value is -1.44. The molecule has 0 fully saturated rings. The molecule has 0 aliphatic rings.